The fraction of sp³-hybridized carbons (Fsp3) is 0.133. The SMILES string of the molecule is Cn1c(C(F)(F)F)cc(=O)n(-c2cc(C#CC(=O)O)c(Cl)cc2F)c1=O. The van der Waals surface area contributed by atoms with Crippen LogP contribution >= 0.6 is 11.6 Å². The van der Waals surface area contributed by atoms with Crippen LogP contribution in [0, 0.1) is 17.7 Å². The smallest absolute Gasteiger partial charge is 0.431 e. The van der Waals surface area contributed by atoms with Crippen molar-refractivity contribution in [3.63, 3.8) is 0 Å². The Bertz CT molecular complexity index is 1090. The van der Waals surface area contributed by atoms with Gasteiger partial charge in [0.05, 0.1) is 10.7 Å². The van der Waals surface area contributed by atoms with Crippen molar-refractivity contribution in [1.82, 2.24) is 9.13 Å². The summed E-state index contributed by atoms with van der Waals surface area (Å²) in [5.41, 5.74) is -5.35. The number of aliphatic carboxylic acids is 1. The van der Waals surface area contributed by atoms with Crippen LogP contribution in [0.5, 0.6) is 0 Å². The second kappa shape index (κ2) is 6.68. The molecule has 2 aromatic rings. The number of nitrogens with zero attached hydrogens (tertiary/aromatic N) is 2. The van der Waals surface area contributed by atoms with E-state index in [1.807, 2.05) is 0 Å². The Balaban J connectivity index is 2.82. The largest absolute Gasteiger partial charge is 0.472 e. The van der Waals surface area contributed by atoms with Crippen LogP contribution in [-0.2, 0) is 18.0 Å². The number of benzene rings is 1. The number of aromatic nitrogens is 2. The molecule has 1 N–H and O–H groups in total. The van der Waals surface area contributed by atoms with E-state index in [2.05, 4.69) is 5.92 Å². The molecule has 1 aromatic carbocycles. The first-order valence-electron chi connectivity index (χ1n) is 6.58. The van der Waals surface area contributed by atoms with Crippen LogP contribution in [0.3, 0.4) is 0 Å². The summed E-state index contributed by atoms with van der Waals surface area (Å²) >= 11 is 5.71. The average Bonchev–Trinajstić information content (AvgIpc) is 2.50. The summed E-state index contributed by atoms with van der Waals surface area (Å²) in [6.07, 6.45) is -4.97. The fourth-order valence-corrected chi connectivity index (χ4v) is 2.24. The van der Waals surface area contributed by atoms with E-state index in [1.165, 1.54) is 0 Å². The normalized spacial score (nSPS) is 11.0. The van der Waals surface area contributed by atoms with Gasteiger partial charge in [0.2, 0.25) is 0 Å². The molecule has 136 valence electrons. The number of hydrogen-bond acceptors (Lipinski definition) is 3. The fourth-order valence-electron chi connectivity index (χ4n) is 2.04. The molecule has 0 radical (unpaired) electrons. The molecule has 0 amide bonds. The third-order valence-electron chi connectivity index (χ3n) is 3.19. The molecular formula is C15H7ClF4N2O4. The number of rotatable bonds is 1. The molecule has 6 nitrogen and oxygen atoms in total. The van der Waals surface area contributed by atoms with Gasteiger partial charge in [0.1, 0.15) is 11.5 Å². The lowest BCUT2D eigenvalue weighted by molar-refractivity contribution is -0.144. The van der Waals surface area contributed by atoms with Gasteiger partial charge >= 0.3 is 17.8 Å². The summed E-state index contributed by atoms with van der Waals surface area (Å²) in [6, 6.07) is 1.59. The van der Waals surface area contributed by atoms with Crippen molar-refractivity contribution in [3.8, 4) is 17.5 Å². The minimum Gasteiger partial charge on any atom is -0.472 e. The predicted octanol–water partition coefficient (Wildman–Crippen LogP) is 1.78. The minimum absolute atomic E-state index is 0.137. The molecule has 0 spiro atoms. The van der Waals surface area contributed by atoms with E-state index in [4.69, 9.17) is 16.7 Å². The molecule has 1 heterocycles. The lowest BCUT2D eigenvalue weighted by Crippen LogP contribution is -2.41. The van der Waals surface area contributed by atoms with E-state index in [9.17, 15) is 31.9 Å². The summed E-state index contributed by atoms with van der Waals surface area (Å²) in [7, 11) is 0.764. The molecule has 0 atom stereocenters. The Labute approximate surface area is 146 Å². The van der Waals surface area contributed by atoms with Crippen LogP contribution < -0.4 is 11.2 Å². The topological polar surface area (TPSA) is 81.3 Å². The Hall–Kier alpha value is -3.06. The van der Waals surface area contributed by atoms with Gasteiger partial charge in [0.15, 0.2) is 0 Å². The van der Waals surface area contributed by atoms with Gasteiger partial charge in [0, 0.05) is 24.6 Å². The second-order valence-corrected chi connectivity index (χ2v) is 5.29. The highest BCUT2D eigenvalue weighted by molar-refractivity contribution is 6.31. The lowest BCUT2D eigenvalue weighted by atomic mass is 10.2. The van der Waals surface area contributed by atoms with Crippen molar-refractivity contribution in [1.29, 1.82) is 0 Å². The van der Waals surface area contributed by atoms with Crippen LogP contribution in [0.1, 0.15) is 11.3 Å². The van der Waals surface area contributed by atoms with Crippen LogP contribution in [0.15, 0.2) is 27.8 Å². The first-order valence-corrected chi connectivity index (χ1v) is 6.96. The van der Waals surface area contributed by atoms with Gasteiger partial charge in [-0.25, -0.2) is 18.5 Å². The zero-order chi connectivity index (χ0) is 19.8. The third kappa shape index (κ3) is 3.62. The lowest BCUT2D eigenvalue weighted by Gasteiger charge is -2.14. The summed E-state index contributed by atoms with van der Waals surface area (Å²) in [5.74, 6) is 1.09. The van der Waals surface area contributed by atoms with Crippen LogP contribution in [0.25, 0.3) is 5.69 Å². The average molecular weight is 391 g/mol. The summed E-state index contributed by atoms with van der Waals surface area (Å²) in [4.78, 5) is 34.6. The van der Waals surface area contributed by atoms with Crippen LogP contribution in [0.2, 0.25) is 5.02 Å². The van der Waals surface area contributed by atoms with Crippen molar-refractivity contribution in [2.24, 2.45) is 7.05 Å². The number of hydrogen-bond donors (Lipinski definition) is 1. The summed E-state index contributed by atoms with van der Waals surface area (Å²) in [6.45, 7) is 0. The second-order valence-electron chi connectivity index (χ2n) is 4.88. The zero-order valence-electron chi connectivity index (χ0n) is 12.7. The molecule has 0 aliphatic heterocycles. The number of carboxylic acids is 1. The van der Waals surface area contributed by atoms with Crippen LogP contribution in [0.4, 0.5) is 17.6 Å². The van der Waals surface area contributed by atoms with Crippen molar-refractivity contribution in [3.05, 3.63) is 61.1 Å². The Morgan fingerprint density at radius 1 is 1.23 bits per heavy atom. The van der Waals surface area contributed by atoms with Gasteiger partial charge in [-0.2, -0.15) is 13.2 Å². The highest BCUT2D eigenvalue weighted by Gasteiger charge is 2.35. The van der Waals surface area contributed by atoms with Gasteiger partial charge in [-0.1, -0.05) is 17.5 Å². The molecule has 26 heavy (non-hydrogen) atoms. The maximum atomic E-state index is 14.2. The van der Waals surface area contributed by atoms with Gasteiger partial charge < -0.3 is 5.11 Å². The molecule has 0 aliphatic carbocycles. The quantitative estimate of drug-likeness (QED) is 0.594. The van der Waals surface area contributed by atoms with E-state index >= 15 is 0 Å². The molecule has 11 heteroatoms. The van der Waals surface area contributed by atoms with Gasteiger partial charge in [-0.05, 0) is 12.1 Å². The number of carboxylic acid groups (broad SMARTS) is 1. The van der Waals surface area contributed by atoms with E-state index in [0.29, 0.717) is 6.07 Å². The van der Waals surface area contributed by atoms with Crippen LogP contribution in [-0.4, -0.2) is 20.2 Å². The molecule has 0 fully saturated rings. The Morgan fingerprint density at radius 2 is 1.85 bits per heavy atom. The van der Waals surface area contributed by atoms with E-state index in [1.54, 1.807) is 5.92 Å². The van der Waals surface area contributed by atoms with Crippen molar-refractivity contribution in [2.75, 3.05) is 0 Å². The van der Waals surface area contributed by atoms with Gasteiger partial charge in [0.25, 0.3) is 5.56 Å². The first-order chi connectivity index (χ1) is 11.9. The van der Waals surface area contributed by atoms with E-state index < -0.39 is 40.6 Å². The monoisotopic (exact) mass is 390 g/mol. The highest BCUT2D eigenvalue weighted by atomic mass is 35.5. The molecule has 0 bridgehead atoms. The molecule has 0 saturated heterocycles. The molecule has 2 rings (SSSR count). The number of halogens is 5. The minimum atomic E-state index is -4.97. The standard InChI is InChI=1S/C15H7ClF4N2O4/c1-21-11(15(18,19)20)6-12(23)22(14(21)26)10-4-7(2-3-13(24)25)8(16)5-9(10)17/h4-6H,1H3,(H,24,25). The Morgan fingerprint density at radius 3 is 2.38 bits per heavy atom. The van der Waals surface area contributed by atoms with E-state index in [0.717, 1.165) is 13.1 Å². The van der Waals surface area contributed by atoms with Crippen molar-refractivity contribution < 1.29 is 27.5 Å². The number of alkyl halides is 3. The number of carbonyl (C=O) groups is 1. The molecule has 1 aromatic heterocycles. The maximum absolute atomic E-state index is 14.2. The predicted molar refractivity (Wildman–Crippen MR) is 81.8 cm³/mol. The highest BCUT2D eigenvalue weighted by Crippen LogP contribution is 2.27. The van der Waals surface area contributed by atoms with Crippen molar-refractivity contribution >= 4 is 17.6 Å². The zero-order valence-corrected chi connectivity index (χ0v) is 13.4. The molecule has 0 saturated carbocycles. The maximum Gasteiger partial charge on any atom is 0.431 e. The molecule has 0 unspecified atom stereocenters. The third-order valence-corrected chi connectivity index (χ3v) is 3.50. The van der Waals surface area contributed by atoms with Gasteiger partial charge in [-0.3, -0.25) is 9.36 Å². The molecule has 0 aliphatic rings. The summed E-state index contributed by atoms with van der Waals surface area (Å²) in [5, 5.41) is 8.22. The first kappa shape index (κ1) is 19.3. The molecular weight excluding hydrogens is 384 g/mol. The Kier molecular flexibility index (Phi) is 4.95. The van der Waals surface area contributed by atoms with E-state index in [-0.39, 0.29) is 25.8 Å². The summed E-state index contributed by atoms with van der Waals surface area (Å²) < 4.78 is 53.0. The van der Waals surface area contributed by atoms with Gasteiger partial charge in [-0.15, -0.1) is 0 Å². The van der Waals surface area contributed by atoms with Crippen molar-refractivity contribution in [2.45, 2.75) is 6.18 Å².